The number of benzene rings is 3. The van der Waals surface area contributed by atoms with Crippen molar-refractivity contribution < 1.29 is 24.2 Å². The van der Waals surface area contributed by atoms with E-state index >= 15 is 0 Å². The lowest BCUT2D eigenvalue weighted by Gasteiger charge is -2.19. The molecule has 6 N–H and O–H groups in total. The predicted molar refractivity (Wildman–Crippen MR) is 140 cm³/mol. The summed E-state index contributed by atoms with van der Waals surface area (Å²) in [6, 6.07) is 16.7. The minimum Gasteiger partial charge on any atom is -0.490 e. The first kappa shape index (κ1) is 26.4. The maximum atomic E-state index is 13.1. The van der Waals surface area contributed by atoms with Crippen molar-refractivity contribution in [3.63, 3.8) is 0 Å². The molecular formula is C26H27ClN4O5. The number of amidine groups is 1. The zero-order valence-corrected chi connectivity index (χ0v) is 20.6. The molecule has 0 heterocycles. The molecule has 0 aliphatic heterocycles. The SMILES string of the molecule is CCOc1cccc(CNc2ccc(Cl)cc2C(=O)Nc2ccc(C(=N)N)cc2)c1OC(C)C(=O)O. The Balaban J connectivity index is 1.84. The Bertz CT molecular complexity index is 1260. The van der Waals surface area contributed by atoms with Crippen LogP contribution < -0.4 is 25.8 Å². The van der Waals surface area contributed by atoms with Gasteiger partial charge >= 0.3 is 5.97 Å². The topological polar surface area (TPSA) is 147 Å². The lowest BCUT2D eigenvalue weighted by Crippen LogP contribution is -2.24. The van der Waals surface area contributed by atoms with Crippen LogP contribution in [0.1, 0.15) is 35.3 Å². The Morgan fingerprint density at radius 3 is 2.50 bits per heavy atom. The number of carboxylic acids is 1. The summed E-state index contributed by atoms with van der Waals surface area (Å²) in [5, 5.41) is 23.2. The maximum absolute atomic E-state index is 13.1. The van der Waals surface area contributed by atoms with Crippen LogP contribution in [0.15, 0.2) is 60.7 Å². The number of nitrogens with two attached hydrogens (primary N) is 1. The molecule has 3 aromatic carbocycles. The van der Waals surface area contributed by atoms with E-state index in [2.05, 4.69) is 10.6 Å². The minimum atomic E-state index is -1.10. The first-order valence-corrected chi connectivity index (χ1v) is 11.5. The smallest absolute Gasteiger partial charge is 0.344 e. The molecule has 0 saturated heterocycles. The summed E-state index contributed by atoms with van der Waals surface area (Å²) in [5.74, 6) is -0.827. The highest BCUT2D eigenvalue weighted by Gasteiger charge is 2.20. The average molecular weight is 511 g/mol. The van der Waals surface area contributed by atoms with Gasteiger partial charge in [0.1, 0.15) is 5.84 Å². The van der Waals surface area contributed by atoms with E-state index in [1.807, 2.05) is 6.92 Å². The second-order valence-electron chi connectivity index (χ2n) is 7.76. The van der Waals surface area contributed by atoms with Crippen molar-refractivity contribution in [1.29, 1.82) is 5.41 Å². The highest BCUT2D eigenvalue weighted by atomic mass is 35.5. The molecule has 0 aliphatic rings. The van der Waals surface area contributed by atoms with Gasteiger partial charge in [-0.2, -0.15) is 0 Å². The van der Waals surface area contributed by atoms with Crippen LogP contribution in [0.3, 0.4) is 0 Å². The summed E-state index contributed by atoms with van der Waals surface area (Å²) in [6.45, 7) is 3.86. The summed E-state index contributed by atoms with van der Waals surface area (Å²) in [5.41, 5.74) is 8.01. The van der Waals surface area contributed by atoms with E-state index in [0.29, 0.717) is 51.2 Å². The van der Waals surface area contributed by atoms with E-state index in [-0.39, 0.29) is 12.4 Å². The Labute approximate surface area is 213 Å². The van der Waals surface area contributed by atoms with Crippen LogP contribution >= 0.6 is 11.6 Å². The normalized spacial score (nSPS) is 11.3. The van der Waals surface area contributed by atoms with Crippen LogP contribution in [-0.4, -0.2) is 35.5 Å². The minimum absolute atomic E-state index is 0.0660. The van der Waals surface area contributed by atoms with E-state index in [0.717, 1.165) is 0 Å². The number of carbonyl (C=O) groups is 2. The maximum Gasteiger partial charge on any atom is 0.344 e. The van der Waals surface area contributed by atoms with Crippen molar-refractivity contribution in [1.82, 2.24) is 0 Å². The fourth-order valence-corrected chi connectivity index (χ4v) is 3.48. The quantitative estimate of drug-likeness (QED) is 0.185. The highest BCUT2D eigenvalue weighted by molar-refractivity contribution is 6.31. The van der Waals surface area contributed by atoms with Crippen molar-refractivity contribution >= 4 is 40.7 Å². The number of halogens is 1. The molecule has 188 valence electrons. The van der Waals surface area contributed by atoms with Crippen LogP contribution in [-0.2, 0) is 11.3 Å². The first-order chi connectivity index (χ1) is 17.2. The Kier molecular flexibility index (Phi) is 8.75. The number of nitrogen functional groups attached to an aromatic ring is 1. The van der Waals surface area contributed by atoms with Gasteiger partial charge in [0.25, 0.3) is 5.91 Å². The second kappa shape index (κ2) is 11.9. The first-order valence-electron chi connectivity index (χ1n) is 11.1. The molecule has 0 aliphatic carbocycles. The predicted octanol–water partition coefficient (Wildman–Crippen LogP) is 4.74. The molecule has 0 bridgehead atoms. The summed E-state index contributed by atoms with van der Waals surface area (Å²) >= 11 is 6.17. The van der Waals surface area contributed by atoms with E-state index < -0.39 is 18.0 Å². The van der Waals surface area contributed by atoms with Gasteiger partial charge in [-0.3, -0.25) is 10.2 Å². The van der Waals surface area contributed by atoms with Crippen molar-refractivity contribution in [2.75, 3.05) is 17.2 Å². The Hall–Kier alpha value is -4.24. The van der Waals surface area contributed by atoms with Gasteiger partial charge in [-0.05, 0) is 62.4 Å². The number of para-hydroxylation sites is 1. The number of anilines is 2. The van der Waals surface area contributed by atoms with Crippen LogP contribution in [0, 0.1) is 5.41 Å². The lowest BCUT2D eigenvalue weighted by atomic mass is 10.1. The molecular weight excluding hydrogens is 484 g/mol. The largest absolute Gasteiger partial charge is 0.490 e. The number of rotatable bonds is 11. The number of ether oxygens (including phenoxy) is 2. The van der Waals surface area contributed by atoms with Crippen molar-refractivity contribution in [2.45, 2.75) is 26.5 Å². The molecule has 0 aromatic heterocycles. The fourth-order valence-electron chi connectivity index (χ4n) is 3.31. The zero-order chi connectivity index (χ0) is 26.2. The molecule has 1 amide bonds. The van der Waals surface area contributed by atoms with E-state index in [1.165, 1.54) is 6.92 Å². The molecule has 36 heavy (non-hydrogen) atoms. The summed E-state index contributed by atoms with van der Waals surface area (Å²) < 4.78 is 11.3. The number of carbonyl (C=O) groups excluding carboxylic acids is 1. The van der Waals surface area contributed by atoms with Gasteiger partial charge in [0.15, 0.2) is 17.6 Å². The number of amides is 1. The number of hydrogen-bond donors (Lipinski definition) is 5. The zero-order valence-electron chi connectivity index (χ0n) is 19.8. The molecule has 1 unspecified atom stereocenters. The molecule has 0 radical (unpaired) electrons. The van der Waals surface area contributed by atoms with Gasteiger partial charge in [-0.1, -0.05) is 23.7 Å². The standard InChI is InChI=1S/C26H27ClN4O5/c1-3-35-22-6-4-5-17(23(22)36-15(2)26(33)34)14-30-21-12-9-18(27)13-20(21)25(32)31-19-10-7-16(8-11-19)24(28)29/h4-13,15,30H,3,14H2,1-2H3,(H3,28,29)(H,31,32)(H,33,34). The van der Waals surface area contributed by atoms with Crippen LogP contribution in [0.5, 0.6) is 11.5 Å². The third kappa shape index (κ3) is 6.67. The molecule has 1 atom stereocenters. The van der Waals surface area contributed by atoms with E-state index in [4.69, 9.17) is 32.2 Å². The molecule has 3 aromatic rings. The number of nitrogens with one attached hydrogen (secondary N) is 3. The number of aliphatic carboxylic acids is 1. The number of carboxylic acid groups (broad SMARTS) is 1. The average Bonchev–Trinajstić information content (AvgIpc) is 2.85. The van der Waals surface area contributed by atoms with Gasteiger partial charge in [0.2, 0.25) is 0 Å². The molecule has 10 heteroatoms. The third-order valence-corrected chi connectivity index (χ3v) is 5.39. The molecule has 0 fully saturated rings. The molecule has 3 rings (SSSR count). The van der Waals surface area contributed by atoms with Crippen LogP contribution in [0.2, 0.25) is 5.02 Å². The van der Waals surface area contributed by atoms with Gasteiger partial charge in [-0.15, -0.1) is 0 Å². The summed E-state index contributed by atoms with van der Waals surface area (Å²) in [4.78, 5) is 24.4. The molecule has 0 spiro atoms. The third-order valence-electron chi connectivity index (χ3n) is 5.15. The Morgan fingerprint density at radius 1 is 1.14 bits per heavy atom. The van der Waals surface area contributed by atoms with Crippen LogP contribution in [0.4, 0.5) is 11.4 Å². The number of hydrogen-bond acceptors (Lipinski definition) is 6. The summed E-state index contributed by atoms with van der Waals surface area (Å²) in [7, 11) is 0. The summed E-state index contributed by atoms with van der Waals surface area (Å²) in [6.07, 6.45) is -1.09. The molecule has 9 nitrogen and oxygen atoms in total. The van der Waals surface area contributed by atoms with Gasteiger partial charge in [-0.25, -0.2) is 4.79 Å². The van der Waals surface area contributed by atoms with Crippen molar-refractivity contribution in [3.05, 3.63) is 82.4 Å². The van der Waals surface area contributed by atoms with Crippen molar-refractivity contribution in [2.24, 2.45) is 5.73 Å². The van der Waals surface area contributed by atoms with Gasteiger partial charge < -0.3 is 30.9 Å². The van der Waals surface area contributed by atoms with Crippen molar-refractivity contribution in [3.8, 4) is 11.5 Å². The van der Waals surface area contributed by atoms with Gasteiger partial charge in [0.05, 0.1) is 12.2 Å². The second-order valence-corrected chi connectivity index (χ2v) is 8.20. The van der Waals surface area contributed by atoms with Gasteiger partial charge in [0, 0.05) is 34.1 Å². The highest BCUT2D eigenvalue weighted by Crippen LogP contribution is 2.33. The lowest BCUT2D eigenvalue weighted by molar-refractivity contribution is -0.144. The van der Waals surface area contributed by atoms with E-state index in [9.17, 15) is 14.7 Å². The fraction of sp³-hybridized carbons (Fsp3) is 0.192. The Morgan fingerprint density at radius 2 is 1.86 bits per heavy atom. The molecule has 0 saturated carbocycles. The monoisotopic (exact) mass is 510 g/mol. The van der Waals surface area contributed by atoms with E-state index in [1.54, 1.807) is 60.7 Å². The van der Waals surface area contributed by atoms with Crippen LogP contribution in [0.25, 0.3) is 0 Å².